The Bertz CT molecular complexity index is 907. The smallest absolute Gasteiger partial charge is 0.283 e. The molecule has 0 atom stereocenters. The van der Waals surface area contributed by atoms with E-state index in [4.69, 9.17) is 16.3 Å². The zero-order valence-corrected chi connectivity index (χ0v) is 14.8. The van der Waals surface area contributed by atoms with E-state index in [0.717, 1.165) is 16.9 Å². The first-order valence-electron chi connectivity index (χ1n) is 7.35. The van der Waals surface area contributed by atoms with E-state index in [1.54, 1.807) is 19.4 Å². The number of methoxy groups -OCH3 is 1. The molecule has 0 aliphatic carbocycles. The van der Waals surface area contributed by atoms with Gasteiger partial charge in [-0.1, -0.05) is 29.8 Å². The third kappa shape index (κ3) is 4.23. The molecule has 1 N–H and O–H groups in total. The second kappa shape index (κ2) is 7.92. The molecule has 0 saturated carbocycles. The molecule has 0 fully saturated rings. The molecule has 3 aromatic rings. The highest BCUT2D eigenvalue weighted by atomic mass is 35.5. The largest absolute Gasteiger partial charge is 0.497 e. The maximum Gasteiger partial charge on any atom is 0.283 e. The van der Waals surface area contributed by atoms with Crippen LogP contribution in [0.5, 0.6) is 5.75 Å². The first kappa shape index (κ1) is 17.1. The number of rotatable bonds is 5. The second-order valence-corrected chi connectivity index (χ2v) is 6.42. The second-order valence-electron chi connectivity index (χ2n) is 4.98. The lowest BCUT2D eigenvalue weighted by molar-refractivity contribution is 0.0959. The van der Waals surface area contributed by atoms with Crippen molar-refractivity contribution in [1.82, 2.24) is 10.4 Å². The van der Waals surface area contributed by atoms with Crippen LogP contribution in [-0.2, 0) is 0 Å². The molecule has 0 saturated heterocycles. The van der Waals surface area contributed by atoms with Crippen LogP contribution in [-0.4, -0.2) is 24.2 Å². The van der Waals surface area contributed by atoms with Gasteiger partial charge >= 0.3 is 0 Å². The van der Waals surface area contributed by atoms with Gasteiger partial charge in [0.2, 0.25) is 0 Å². The lowest BCUT2D eigenvalue weighted by Crippen LogP contribution is -2.16. The highest BCUT2D eigenvalue weighted by Crippen LogP contribution is 2.30. The standard InChI is InChI=1S/C18H14ClN3O2S/c1-24-13-8-6-12(7-9-13)10-21-22-17(23)16-11-20-18(25-16)14-4-2-3-5-15(14)19/h2-11H,1H3,(H,22,23)/b21-10+. The molecule has 0 radical (unpaired) electrons. The molecule has 0 spiro atoms. The summed E-state index contributed by atoms with van der Waals surface area (Å²) in [5.74, 6) is 0.443. The Morgan fingerprint density at radius 1 is 1.24 bits per heavy atom. The van der Waals surface area contributed by atoms with E-state index < -0.39 is 0 Å². The predicted octanol–water partition coefficient (Wildman–Crippen LogP) is 4.24. The average Bonchev–Trinajstić information content (AvgIpc) is 3.12. The normalized spacial score (nSPS) is 10.8. The molecular formula is C18H14ClN3O2S. The molecule has 1 amide bonds. The Hall–Kier alpha value is -2.70. The van der Waals surface area contributed by atoms with Crippen molar-refractivity contribution in [3.05, 3.63) is 70.2 Å². The van der Waals surface area contributed by atoms with Gasteiger partial charge in [0.05, 0.1) is 24.5 Å². The fourth-order valence-electron chi connectivity index (χ4n) is 2.05. The number of halogens is 1. The van der Waals surface area contributed by atoms with Gasteiger partial charge in [0.1, 0.15) is 15.6 Å². The number of hydrogen-bond donors (Lipinski definition) is 1. The zero-order chi connectivity index (χ0) is 17.6. The van der Waals surface area contributed by atoms with Gasteiger partial charge in [0.25, 0.3) is 5.91 Å². The van der Waals surface area contributed by atoms with Crippen LogP contribution >= 0.6 is 22.9 Å². The van der Waals surface area contributed by atoms with E-state index >= 15 is 0 Å². The van der Waals surface area contributed by atoms with Gasteiger partial charge in [0.15, 0.2) is 0 Å². The van der Waals surface area contributed by atoms with Crippen molar-refractivity contribution in [2.45, 2.75) is 0 Å². The number of benzene rings is 2. The fraction of sp³-hybridized carbons (Fsp3) is 0.0556. The SMILES string of the molecule is COc1ccc(/C=N/NC(=O)c2cnc(-c3ccccc3Cl)s2)cc1. The van der Waals surface area contributed by atoms with Crippen LogP contribution in [0.15, 0.2) is 59.8 Å². The minimum absolute atomic E-state index is 0.319. The van der Waals surface area contributed by atoms with Gasteiger partial charge in [-0.15, -0.1) is 11.3 Å². The third-order valence-electron chi connectivity index (χ3n) is 3.33. The number of thiazole rings is 1. The van der Waals surface area contributed by atoms with Gasteiger partial charge in [-0.2, -0.15) is 5.10 Å². The molecule has 1 aromatic heterocycles. The zero-order valence-electron chi connectivity index (χ0n) is 13.3. The number of nitrogens with one attached hydrogen (secondary N) is 1. The molecule has 1 heterocycles. The maximum atomic E-state index is 12.2. The summed E-state index contributed by atoms with van der Waals surface area (Å²) in [6, 6.07) is 14.7. The lowest BCUT2D eigenvalue weighted by atomic mass is 10.2. The Labute approximate surface area is 153 Å². The summed E-state index contributed by atoms with van der Waals surface area (Å²) in [5, 5.41) is 5.25. The summed E-state index contributed by atoms with van der Waals surface area (Å²) in [7, 11) is 1.61. The number of hydrazone groups is 1. The summed E-state index contributed by atoms with van der Waals surface area (Å²) in [6.07, 6.45) is 3.08. The molecule has 25 heavy (non-hydrogen) atoms. The molecule has 5 nitrogen and oxygen atoms in total. The number of hydrogen-bond acceptors (Lipinski definition) is 5. The number of carbonyl (C=O) groups excluding carboxylic acids is 1. The molecule has 2 aromatic carbocycles. The van der Waals surface area contributed by atoms with Crippen molar-refractivity contribution in [1.29, 1.82) is 0 Å². The summed E-state index contributed by atoms with van der Waals surface area (Å²) < 4.78 is 5.09. The summed E-state index contributed by atoms with van der Waals surface area (Å²) in [5.41, 5.74) is 4.14. The monoisotopic (exact) mass is 371 g/mol. The van der Waals surface area contributed by atoms with Gasteiger partial charge in [-0.25, -0.2) is 10.4 Å². The minimum atomic E-state index is -0.319. The molecule has 3 rings (SSSR count). The summed E-state index contributed by atoms with van der Waals surface area (Å²) >= 11 is 7.42. The van der Waals surface area contributed by atoms with E-state index in [1.165, 1.54) is 17.5 Å². The average molecular weight is 372 g/mol. The summed E-state index contributed by atoms with van der Waals surface area (Å²) in [6.45, 7) is 0. The van der Waals surface area contributed by atoms with Gasteiger partial charge in [-0.3, -0.25) is 4.79 Å². The van der Waals surface area contributed by atoms with E-state index in [0.29, 0.717) is 14.9 Å². The Morgan fingerprint density at radius 3 is 2.72 bits per heavy atom. The van der Waals surface area contributed by atoms with Crippen molar-refractivity contribution in [2.24, 2.45) is 5.10 Å². The van der Waals surface area contributed by atoms with Gasteiger partial charge in [-0.05, 0) is 35.9 Å². The summed E-state index contributed by atoms with van der Waals surface area (Å²) in [4.78, 5) is 16.9. The molecule has 0 aliphatic rings. The van der Waals surface area contributed by atoms with Crippen LogP contribution < -0.4 is 10.2 Å². The first-order chi connectivity index (χ1) is 12.2. The minimum Gasteiger partial charge on any atom is -0.497 e. The highest BCUT2D eigenvalue weighted by molar-refractivity contribution is 7.17. The molecule has 0 aliphatic heterocycles. The van der Waals surface area contributed by atoms with Crippen molar-refractivity contribution in [3.8, 4) is 16.3 Å². The quantitative estimate of drug-likeness (QED) is 0.539. The van der Waals surface area contributed by atoms with Crippen molar-refractivity contribution >= 4 is 35.1 Å². The maximum absolute atomic E-state index is 12.2. The Morgan fingerprint density at radius 2 is 2.00 bits per heavy atom. The van der Waals surface area contributed by atoms with E-state index in [-0.39, 0.29) is 5.91 Å². The van der Waals surface area contributed by atoms with Crippen LogP contribution in [0.1, 0.15) is 15.2 Å². The number of carbonyl (C=O) groups is 1. The first-order valence-corrected chi connectivity index (χ1v) is 8.55. The Balaban J connectivity index is 1.65. The van der Waals surface area contributed by atoms with Gasteiger partial charge < -0.3 is 4.74 Å². The van der Waals surface area contributed by atoms with Crippen LogP contribution in [0.3, 0.4) is 0 Å². The fourth-order valence-corrected chi connectivity index (χ4v) is 3.18. The highest BCUT2D eigenvalue weighted by Gasteiger charge is 2.12. The molecule has 0 unspecified atom stereocenters. The number of aromatic nitrogens is 1. The molecule has 126 valence electrons. The van der Waals surface area contributed by atoms with Crippen LogP contribution in [0.2, 0.25) is 5.02 Å². The van der Waals surface area contributed by atoms with Crippen LogP contribution in [0.4, 0.5) is 0 Å². The van der Waals surface area contributed by atoms with Gasteiger partial charge in [0, 0.05) is 5.56 Å². The molecule has 7 heteroatoms. The Kier molecular flexibility index (Phi) is 5.42. The van der Waals surface area contributed by atoms with Crippen molar-refractivity contribution in [2.75, 3.05) is 7.11 Å². The van der Waals surface area contributed by atoms with Crippen molar-refractivity contribution in [3.63, 3.8) is 0 Å². The molecular weight excluding hydrogens is 358 g/mol. The van der Waals surface area contributed by atoms with E-state index in [2.05, 4.69) is 15.5 Å². The third-order valence-corrected chi connectivity index (χ3v) is 4.69. The van der Waals surface area contributed by atoms with Crippen molar-refractivity contribution < 1.29 is 9.53 Å². The lowest BCUT2D eigenvalue weighted by Gasteiger charge is -1.99. The van der Waals surface area contributed by atoms with Crippen LogP contribution in [0, 0.1) is 0 Å². The van der Waals surface area contributed by atoms with Crippen LogP contribution in [0.25, 0.3) is 10.6 Å². The number of nitrogens with zero attached hydrogens (tertiary/aromatic N) is 2. The number of ether oxygens (including phenoxy) is 1. The van der Waals surface area contributed by atoms with E-state index in [1.807, 2.05) is 42.5 Å². The number of amides is 1. The topological polar surface area (TPSA) is 63.6 Å². The predicted molar refractivity (Wildman–Crippen MR) is 101 cm³/mol. The van der Waals surface area contributed by atoms with E-state index in [9.17, 15) is 4.79 Å². The molecule has 0 bridgehead atoms.